The van der Waals surface area contributed by atoms with Gasteiger partial charge in [0, 0.05) is 4.47 Å². The number of benzene rings is 1. The van der Waals surface area contributed by atoms with E-state index in [1.165, 1.54) is 18.4 Å². The van der Waals surface area contributed by atoms with E-state index in [1.54, 1.807) is 0 Å². The minimum atomic E-state index is -0.620. The molecule has 3 N–H and O–H groups in total. The van der Waals surface area contributed by atoms with Gasteiger partial charge in [-0.25, -0.2) is 4.39 Å². The summed E-state index contributed by atoms with van der Waals surface area (Å²) in [6, 6.07) is 2.81. The zero-order valence-corrected chi connectivity index (χ0v) is 13.3. The van der Waals surface area contributed by atoms with E-state index in [-0.39, 0.29) is 79.4 Å². The van der Waals surface area contributed by atoms with Crippen molar-refractivity contribution in [3.63, 3.8) is 0 Å². The molecule has 0 fully saturated rings. The molecule has 0 spiro atoms. The summed E-state index contributed by atoms with van der Waals surface area (Å²) in [6.07, 6.45) is 1.53. The summed E-state index contributed by atoms with van der Waals surface area (Å²) in [5.74, 6) is -0.620. The van der Waals surface area contributed by atoms with Crippen molar-refractivity contribution in [3.05, 3.63) is 28.0 Å². The molecule has 0 aliphatic carbocycles. The number of rotatable bonds is 1. The van der Waals surface area contributed by atoms with Gasteiger partial charge < -0.3 is 16.0 Å². The fraction of sp³-hybridized carbons (Fsp3) is 0. The van der Waals surface area contributed by atoms with E-state index < -0.39 is 5.82 Å². The maximum Gasteiger partial charge on any atom is 1.00 e. The van der Waals surface area contributed by atoms with Crippen LogP contribution in [0, 0.1) is 5.82 Å². The molecular weight excluding hydrogens is 314 g/mol. The molecule has 1 rings (SSSR count). The molecule has 0 saturated carbocycles. The van der Waals surface area contributed by atoms with Crippen LogP contribution in [0.25, 0.3) is 0 Å². The summed E-state index contributed by atoms with van der Waals surface area (Å²) in [5, 5.41) is 0. The van der Waals surface area contributed by atoms with Gasteiger partial charge in [-0.1, -0.05) is 0 Å². The molecule has 66 valence electrons. The van der Waals surface area contributed by atoms with Gasteiger partial charge in [-0.15, -0.1) is 11.6 Å². The second-order valence-electron chi connectivity index (χ2n) is 1.92. The fourth-order valence-corrected chi connectivity index (χ4v) is 1.00. The molecule has 0 atom stereocenters. The van der Waals surface area contributed by atoms with E-state index in [9.17, 15) is 9.18 Å². The van der Waals surface area contributed by atoms with E-state index in [4.69, 9.17) is 5.73 Å². The number of carbonyl (C=O) groups excluding carboxylic acids is 1. The van der Waals surface area contributed by atoms with Gasteiger partial charge in [0.1, 0.15) is 5.82 Å². The van der Waals surface area contributed by atoms with Crippen molar-refractivity contribution < 1.29 is 72.8 Å². The van der Waals surface area contributed by atoms with Crippen LogP contribution in [0.4, 0.5) is 10.1 Å². The topological polar surface area (TPSA) is 73.1 Å². The smallest absolute Gasteiger partial charge is 0.870 e. The molecule has 0 unspecified atom stereocenters. The molecule has 1 aromatic carbocycles. The van der Waals surface area contributed by atoms with E-state index >= 15 is 0 Å². The molecular formula is C7H5BrFNO2Rb-. The Bertz CT molecular complexity index is 309. The Hall–Kier alpha value is 0.865. The van der Waals surface area contributed by atoms with Crippen molar-refractivity contribution in [3.8, 4) is 0 Å². The summed E-state index contributed by atoms with van der Waals surface area (Å²) >= 11 is 2.92. The van der Waals surface area contributed by atoms with Crippen LogP contribution in [0.2, 0.25) is 0 Å². The zero-order chi connectivity index (χ0) is 8.43. The maximum atomic E-state index is 12.8. The Morgan fingerprint density at radius 1 is 1.46 bits per heavy atom. The molecule has 6 heteroatoms. The van der Waals surface area contributed by atoms with E-state index in [0.717, 1.165) is 0 Å². The second-order valence-corrected chi connectivity index (χ2v) is 2.78. The summed E-state index contributed by atoms with van der Waals surface area (Å²) < 4.78 is 13.1. The SMILES string of the molecule is Nc1c([C-]=O)ccc(Br)c1F.[OH-].[Rb+]. The van der Waals surface area contributed by atoms with Crippen LogP contribution >= 0.6 is 15.9 Å². The average Bonchev–Trinajstić information content (AvgIpc) is 2.01. The number of nitrogen functional groups attached to an aromatic ring is 1. The van der Waals surface area contributed by atoms with Crippen LogP contribution in [0.1, 0.15) is 5.56 Å². The van der Waals surface area contributed by atoms with Gasteiger partial charge in [-0.3, -0.25) is 0 Å². The first kappa shape index (κ1) is 16.3. The van der Waals surface area contributed by atoms with Crippen molar-refractivity contribution in [1.82, 2.24) is 0 Å². The Morgan fingerprint density at radius 2 is 2.00 bits per heavy atom. The molecule has 0 bridgehead atoms. The standard InChI is InChI=1S/C7H4BrFNO.H2O.Rb/c8-5-2-1-4(3-11)7(10)6(5)9;;/h1-2H,10H2;1H2;/q-1;;+1/p-1. The summed E-state index contributed by atoms with van der Waals surface area (Å²) in [6.45, 7) is 0. The van der Waals surface area contributed by atoms with Crippen LogP contribution in [-0.4, -0.2) is 11.8 Å². The van der Waals surface area contributed by atoms with Gasteiger partial charge in [0.25, 0.3) is 0 Å². The molecule has 0 heterocycles. The number of nitrogens with two attached hydrogens (primary N) is 1. The molecule has 1 aromatic rings. The third-order valence-electron chi connectivity index (χ3n) is 1.24. The Balaban J connectivity index is 0. The number of hydrogen-bond donors (Lipinski definition) is 1. The summed E-state index contributed by atoms with van der Waals surface area (Å²) in [4.78, 5) is 10.1. The van der Waals surface area contributed by atoms with Gasteiger partial charge in [0.15, 0.2) is 0 Å². The number of anilines is 1. The third-order valence-corrected chi connectivity index (χ3v) is 1.86. The van der Waals surface area contributed by atoms with Gasteiger partial charge in [0.05, 0.1) is 6.29 Å². The van der Waals surface area contributed by atoms with Gasteiger partial charge >= 0.3 is 58.2 Å². The number of halogens is 2. The Kier molecular flexibility index (Phi) is 9.02. The third kappa shape index (κ3) is 3.85. The molecule has 13 heavy (non-hydrogen) atoms. The molecule has 0 saturated heterocycles. The molecule has 0 radical (unpaired) electrons. The normalized spacial score (nSPS) is 8.15. The molecule has 0 aromatic heterocycles. The Labute approximate surface area is 132 Å². The van der Waals surface area contributed by atoms with Gasteiger partial charge in [-0.05, 0) is 21.6 Å². The van der Waals surface area contributed by atoms with Crippen molar-refractivity contribution in [2.24, 2.45) is 0 Å². The van der Waals surface area contributed by atoms with E-state index in [2.05, 4.69) is 15.9 Å². The summed E-state index contributed by atoms with van der Waals surface area (Å²) in [7, 11) is 0. The average molecular weight is 319 g/mol. The quantitative estimate of drug-likeness (QED) is 0.503. The van der Waals surface area contributed by atoms with Gasteiger partial charge in [0.2, 0.25) is 0 Å². The Morgan fingerprint density at radius 3 is 2.46 bits per heavy atom. The van der Waals surface area contributed by atoms with E-state index in [0.29, 0.717) is 0 Å². The van der Waals surface area contributed by atoms with Crippen molar-refractivity contribution in [2.75, 3.05) is 5.73 Å². The van der Waals surface area contributed by atoms with E-state index in [1.807, 2.05) is 0 Å². The van der Waals surface area contributed by atoms with Crippen molar-refractivity contribution in [1.29, 1.82) is 0 Å². The van der Waals surface area contributed by atoms with Crippen LogP contribution in [0.5, 0.6) is 0 Å². The largest absolute Gasteiger partial charge is 1.00 e. The first-order valence-corrected chi connectivity index (χ1v) is 3.57. The molecule has 3 nitrogen and oxygen atoms in total. The zero-order valence-electron chi connectivity index (χ0n) is 6.84. The predicted molar refractivity (Wildman–Crippen MR) is 45.2 cm³/mol. The van der Waals surface area contributed by atoms with Crippen molar-refractivity contribution in [2.45, 2.75) is 0 Å². The predicted octanol–water partition coefficient (Wildman–Crippen LogP) is -1.54. The first-order valence-electron chi connectivity index (χ1n) is 2.78. The van der Waals surface area contributed by atoms with Crippen LogP contribution < -0.4 is 63.9 Å². The summed E-state index contributed by atoms with van der Waals surface area (Å²) in [5.41, 5.74) is 5.10. The molecule has 0 aliphatic rings. The minimum Gasteiger partial charge on any atom is -0.870 e. The van der Waals surface area contributed by atoms with Crippen LogP contribution in [0.15, 0.2) is 16.6 Å². The fourth-order valence-electron chi connectivity index (χ4n) is 0.655. The van der Waals surface area contributed by atoms with Crippen molar-refractivity contribution >= 4 is 27.9 Å². The molecule has 0 amide bonds. The molecule has 0 aliphatic heterocycles. The monoisotopic (exact) mass is 318 g/mol. The van der Waals surface area contributed by atoms with Crippen LogP contribution in [0.3, 0.4) is 0 Å². The maximum absolute atomic E-state index is 12.8. The minimum absolute atomic E-state index is 0. The first-order chi connectivity index (χ1) is 5.16. The second kappa shape index (κ2) is 7.20. The van der Waals surface area contributed by atoms with Gasteiger partial charge in [-0.2, -0.15) is 6.07 Å². The number of hydrogen-bond acceptors (Lipinski definition) is 3. The van der Waals surface area contributed by atoms with Crippen LogP contribution in [-0.2, 0) is 4.79 Å².